The van der Waals surface area contributed by atoms with Gasteiger partial charge in [0.1, 0.15) is 0 Å². The van der Waals surface area contributed by atoms with Crippen LogP contribution in [0.4, 0.5) is 0 Å². The molecule has 1 saturated heterocycles. The van der Waals surface area contributed by atoms with E-state index in [0.717, 1.165) is 24.9 Å². The van der Waals surface area contributed by atoms with Crippen LogP contribution in [-0.4, -0.2) is 35.2 Å². The number of nitrogens with zero attached hydrogens (tertiary/aromatic N) is 1. The van der Waals surface area contributed by atoms with Crippen LogP contribution in [0.15, 0.2) is 0 Å². The maximum atomic E-state index is 10.2. The summed E-state index contributed by atoms with van der Waals surface area (Å²) < 4.78 is 0. The Morgan fingerprint density at radius 3 is 2.72 bits per heavy atom. The van der Waals surface area contributed by atoms with Crippen LogP contribution in [0.2, 0.25) is 0 Å². The maximum absolute atomic E-state index is 10.2. The van der Waals surface area contributed by atoms with Gasteiger partial charge in [0.2, 0.25) is 0 Å². The molecular formula is C16H31NO. The second-order valence-corrected chi connectivity index (χ2v) is 6.49. The van der Waals surface area contributed by atoms with Crippen LogP contribution in [0.25, 0.3) is 0 Å². The van der Waals surface area contributed by atoms with Gasteiger partial charge in [0, 0.05) is 12.6 Å². The Morgan fingerprint density at radius 2 is 2.00 bits per heavy atom. The van der Waals surface area contributed by atoms with E-state index in [4.69, 9.17) is 0 Å². The molecule has 2 rings (SSSR count). The molecule has 0 aromatic carbocycles. The Bertz CT molecular complexity index is 243. The van der Waals surface area contributed by atoms with Crippen molar-refractivity contribution in [2.24, 2.45) is 11.8 Å². The van der Waals surface area contributed by atoms with E-state index in [1.54, 1.807) is 0 Å². The third-order valence-electron chi connectivity index (χ3n) is 5.19. The fraction of sp³-hybridized carbons (Fsp3) is 1.00. The molecule has 2 fully saturated rings. The van der Waals surface area contributed by atoms with Crippen LogP contribution in [0.3, 0.4) is 0 Å². The zero-order valence-electron chi connectivity index (χ0n) is 12.3. The Kier molecular flexibility index (Phi) is 5.50. The fourth-order valence-electron chi connectivity index (χ4n) is 4.11. The molecule has 4 atom stereocenters. The van der Waals surface area contributed by atoms with E-state index < -0.39 is 0 Å². The summed E-state index contributed by atoms with van der Waals surface area (Å²) in [7, 11) is 0. The average molecular weight is 253 g/mol. The quantitative estimate of drug-likeness (QED) is 0.811. The first-order valence-electron chi connectivity index (χ1n) is 8.16. The first-order valence-corrected chi connectivity index (χ1v) is 8.16. The van der Waals surface area contributed by atoms with Crippen LogP contribution < -0.4 is 0 Å². The number of likely N-dealkylation sites (tertiary alicyclic amines) is 1. The molecule has 0 bridgehead atoms. The molecule has 1 aliphatic heterocycles. The van der Waals surface area contributed by atoms with Crippen LogP contribution >= 0.6 is 0 Å². The van der Waals surface area contributed by atoms with E-state index in [1.807, 2.05) is 0 Å². The van der Waals surface area contributed by atoms with Crippen LogP contribution in [-0.2, 0) is 0 Å². The summed E-state index contributed by atoms with van der Waals surface area (Å²) in [5, 5.41) is 10.2. The first-order chi connectivity index (χ1) is 8.74. The number of rotatable bonds is 5. The monoisotopic (exact) mass is 253 g/mol. The zero-order chi connectivity index (χ0) is 13.0. The minimum Gasteiger partial charge on any atom is -0.393 e. The highest BCUT2D eigenvalue weighted by Gasteiger charge is 2.32. The lowest BCUT2D eigenvalue weighted by molar-refractivity contribution is 0.0232. The Balaban J connectivity index is 1.86. The topological polar surface area (TPSA) is 23.5 Å². The van der Waals surface area contributed by atoms with E-state index in [0.29, 0.717) is 5.92 Å². The summed E-state index contributed by atoms with van der Waals surface area (Å²) in [4.78, 5) is 2.65. The fourth-order valence-corrected chi connectivity index (χ4v) is 4.11. The van der Waals surface area contributed by atoms with Gasteiger partial charge in [-0.1, -0.05) is 26.7 Å². The molecule has 2 nitrogen and oxygen atoms in total. The van der Waals surface area contributed by atoms with Crippen molar-refractivity contribution in [2.45, 2.75) is 77.4 Å². The molecule has 18 heavy (non-hydrogen) atoms. The van der Waals surface area contributed by atoms with Crippen LogP contribution in [0.5, 0.6) is 0 Å². The number of hydrogen-bond acceptors (Lipinski definition) is 2. The summed E-state index contributed by atoms with van der Waals surface area (Å²) in [6.45, 7) is 7.01. The molecule has 0 radical (unpaired) electrons. The minimum atomic E-state index is -0.0313. The van der Waals surface area contributed by atoms with E-state index >= 15 is 0 Å². The predicted octanol–water partition coefficient (Wildman–Crippen LogP) is 3.44. The van der Waals surface area contributed by atoms with E-state index in [9.17, 15) is 5.11 Å². The Labute approximate surface area is 113 Å². The van der Waals surface area contributed by atoms with Gasteiger partial charge in [0.05, 0.1) is 6.10 Å². The van der Waals surface area contributed by atoms with Gasteiger partial charge in [-0.05, 0) is 56.9 Å². The highest BCUT2D eigenvalue weighted by Crippen LogP contribution is 2.34. The van der Waals surface area contributed by atoms with E-state index in [-0.39, 0.29) is 6.10 Å². The summed E-state index contributed by atoms with van der Waals surface area (Å²) in [5.41, 5.74) is 0. The maximum Gasteiger partial charge on any atom is 0.0580 e. The lowest BCUT2D eigenvalue weighted by Crippen LogP contribution is -2.40. The second kappa shape index (κ2) is 6.91. The van der Waals surface area contributed by atoms with Gasteiger partial charge in [-0.2, -0.15) is 0 Å². The van der Waals surface area contributed by atoms with Crippen molar-refractivity contribution in [3.05, 3.63) is 0 Å². The van der Waals surface area contributed by atoms with Crippen LogP contribution in [0.1, 0.15) is 65.2 Å². The van der Waals surface area contributed by atoms with Crippen molar-refractivity contribution in [3.63, 3.8) is 0 Å². The zero-order valence-corrected chi connectivity index (χ0v) is 12.3. The predicted molar refractivity (Wildman–Crippen MR) is 76.6 cm³/mol. The smallest absolute Gasteiger partial charge is 0.0580 e. The lowest BCUT2D eigenvalue weighted by Gasteiger charge is -2.37. The third-order valence-corrected chi connectivity index (χ3v) is 5.19. The first kappa shape index (κ1) is 14.3. The van der Waals surface area contributed by atoms with Gasteiger partial charge in [0.25, 0.3) is 0 Å². The molecule has 0 aromatic rings. The number of aliphatic hydroxyl groups is 1. The largest absolute Gasteiger partial charge is 0.393 e. The molecule has 4 unspecified atom stereocenters. The Hall–Kier alpha value is -0.0800. The number of hydrogen-bond donors (Lipinski definition) is 1. The number of aliphatic hydroxyl groups excluding tert-OH is 1. The summed E-state index contributed by atoms with van der Waals surface area (Å²) >= 11 is 0. The average Bonchev–Trinajstić information content (AvgIpc) is 2.81. The third kappa shape index (κ3) is 3.48. The molecular weight excluding hydrogens is 222 g/mol. The van der Waals surface area contributed by atoms with Crippen molar-refractivity contribution in [1.29, 1.82) is 0 Å². The highest BCUT2D eigenvalue weighted by atomic mass is 16.3. The summed E-state index contributed by atoms with van der Waals surface area (Å²) in [6.07, 6.45) is 10.2. The molecule has 1 aliphatic carbocycles. The molecule has 0 spiro atoms. The van der Waals surface area contributed by atoms with Gasteiger partial charge in [0.15, 0.2) is 0 Å². The summed E-state index contributed by atoms with van der Waals surface area (Å²) in [5.74, 6) is 1.42. The lowest BCUT2D eigenvalue weighted by atomic mass is 9.77. The van der Waals surface area contributed by atoms with E-state index in [2.05, 4.69) is 18.7 Å². The van der Waals surface area contributed by atoms with Crippen molar-refractivity contribution < 1.29 is 5.11 Å². The van der Waals surface area contributed by atoms with Crippen molar-refractivity contribution >= 4 is 0 Å². The van der Waals surface area contributed by atoms with Crippen molar-refractivity contribution in [3.8, 4) is 0 Å². The summed E-state index contributed by atoms with van der Waals surface area (Å²) in [6, 6.07) is 0.795. The van der Waals surface area contributed by atoms with Crippen molar-refractivity contribution in [1.82, 2.24) is 4.90 Å². The second-order valence-electron chi connectivity index (χ2n) is 6.49. The molecule has 1 N–H and O–H groups in total. The molecule has 1 heterocycles. The molecule has 2 aliphatic rings. The SMILES string of the molecule is CCCC1CCC(O)C(CN2CCCC2CC)C1. The standard InChI is InChI=1S/C16H31NO/c1-3-6-13-8-9-16(18)14(11-13)12-17-10-5-7-15(17)4-2/h13-16,18H,3-12H2,1-2H3. The molecule has 106 valence electrons. The molecule has 2 heteroatoms. The normalized spacial score (nSPS) is 38.2. The Morgan fingerprint density at radius 1 is 1.17 bits per heavy atom. The van der Waals surface area contributed by atoms with Gasteiger partial charge >= 0.3 is 0 Å². The van der Waals surface area contributed by atoms with Gasteiger partial charge in [-0.3, -0.25) is 0 Å². The van der Waals surface area contributed by atoms with Crippen LogP contribution in [0, 0.1) is 11.8 Å². The molecule has 1 saturated carbocycles. The van der Waals surface area contributed by atoms with E-state index in [1.165, 1.54) is 51.5 Å². The van der Waals surface area contributed by atoms with Gasteiger partial charge in [-0.25, -0.2) is 0 Å². The van der Waals surface area contributed by atoms with Crippen molar-refractivity contribution in [2.75, 3.05) is 13.1 Å². The molecule has 0 aromatic heterocycles. The molecule has 0 amide bonds. The van der Waals surface area contributed by atoms with Gasteiger partial charge < -0.3 is 10.0 Å². The minimum absolute atomic E-state index is 0.0313. The highest BCUT2D eigenvalue weighted by molar-refractivity contribution is 4.86. The van der Waals surface area contributed by atoms with Gasteiger partial charge in [-0.15, -0.1) is 0 Å².